The van der Waals surface area contributed by atoms with Gasteiger partial charge in [0.1, 0.15) is 11.5 Å². The summed E-state index contributed by atoms with van der Waals surface area (Å²) in [6.45, 7) is 1.48. The summed E-state index contributed by atoms with van der Waals surface area (Å²) in [5.74, 6) is -0.252. The van der Waals surface area contributed by atoms with Gasteiger partial charge in [-0.2, -0.15) is 0 Å². The van der Waals surface area contributed by atoms with Gasteiger partial charge in [0.2, 0.25) is 0 Å². The highest BCUT2D eigenvalue weighted by Gasteiger charge is 2.19. The lowest BCUT2D eigenvalue weighted by Crippen LogP contribution is -2.21. The molecule has 0 fully saturated rings. The highest BCUT2D eigenvalue weighted by molar-refractivity contribution is 5.95. The molecule has 1 aromatic carbocycles. The smallest absolute Gasteiger partial charge is 0.188 e. The van der Waals surface area contributed by atoms with Crippen molar-refractivity contribution in [3.05, 3.63) is 59.2 Å². The molecule has 1 aromatic heterocycles. The second kappa shape index (κ2) is 5.40. The fourth-order valence-electron chi connectivity index (χ4n) is 2.57. The molecule has 0 saturated carbocycles. The molecule has 1 aliphatic heterocycles. The van der Waals surface area contributed by atoms with E-state index in [9.17, 15) is 4.39 Å². The second-order valence-electron chi connectivity index (χ2n) is 4.98. The average molecular weight is 286 g/mol. The molecule has 6 heteroatoms. The molecule has 0 atom stereocenters. The van der Waals surface area contributed by atoms with Crippen molar-refractivity contribution in [1.82, 2.24) is 4.98 Å². The number of hydrogen-bond acceptors (Lipinski definition) is 4. The van der Waals surface area contributed by atoms with Gasteiger partial charge in [0.25, 0.3) is 0 Å². The molecule has 3 N–H and O–H groups in total. The Hall–Kier alpha value is -2.63. The first kappa shape index (κ1) is 13.4. The summed E-state index contributed by atoms with van der Waals surface area (Å²) in [5, 5.41) is 11.6. The minimum Gasteiger partial charge on any atom is -0.409 e. The fraction of sp³-hybridized carbons (Fsp3) is 0.200. The average Bonchev–Trinajstić information content (AvgIpc) is 2.89. The van der Waals surface area contributed by atoms with Crippen molar-refractivity contribution < 1.29 is 9.60 Å². The number of nitrogens with two attached hydrogens (primary N) is 1. The normalized spacial score (nSPS) is 14.3. The number of hydrogen-bond donors (Lipinski definition) is 2. The predicted octanol–water partition coefficient (Wildman–Crippen LogP) is 1.88. The molecule has 21 heavy (non-hydrogen) atoms. The lowest BCUT2D eigenvalue weighted by atomic mass is 10.1. The van der Waals surface area contributed by atoms with E-state index in [1.165, 1.54) is 6.07 Å². The minimum atomic E-state index is -0.229. The number of aromatic nitrogens is 1. The Morgan fingerprint density at radius 2 is 2.24 bits per heavy atom. The standard InChI is InChI=1S/C15H15FN4O/c16-12-2-1-11-4-6-20(14(11)8-12)9-10-3-5-18-13(7-10)15(17)19-21/h1-3,5,7-8,21H,4,6,9H2,(H2,17,19). The predicted molar refractivity (Wildman–Crippen MR) is 77.9 cm³/mol. The molecular weight excluding hydrogens is 271 g/mol. The highest BCUT2D eigenvalue weighted by Crippen LogP contribution is 2.29. The van der Waals surface area contributed by atoms with Crippen molar-refractivity contribution in [3.8, 4) is 0 Å². The molecule has 0 spiro atoms. The number of fused-ring (bicyclic) bond motifs is 1. The molecule has 1 aliphatic rings. The largest absolute Gasteiger partial charge is 0.409 e. The maximum Gasteiger partial charge on any atom is 0.188 e. The Bertz CT molecular complexity index is 702. The molecule has 5 nitrogen and oxygen atoms in total. The lowest BCUT2D eigenvalue weighted by molar-refractivity contribution is 0.318. The summed E-state index contributed by atoms with van der Waals surface area (Å²) in [5.41, 5.74) is 9.03. The zero-order valence-electron chi connectivity index (χ0n) is 11.3. The first-order valence-electron chi connectivity index (χ1n) is 6.63. The number of oxime groups is 1. The molecule has 0 unspecified atom stereocenters. The van der Waals surface area contributed by atoms with E-state index in [1.807, 2.05) is 12.1 Å². The molecule has 108 valence electrons. The Morgan fingerprint density at radius 1 is 1.38 bits per heavy atom. The third kappa shape index (κ3) is 2.65. The van der Waals surface area contributed by atoms with Crippen molar-refractivity contribution in [2.45, 2.75) is 13.0 Å². The van der Waals surface area contributed by atoms with E-state index in [2.05, 4.69) is 15.0 Å². The zero-order valence-corrected chi connectivity index (χ0v) is 11.3. The Balaban J connectivity index is 1.85. The van der Waals surface area contributed by atoms with E-state index < -0.39 is 0 Å². The van der Waals surface area contributed by atoms with E-state index in [4.69, 9.17) is 10.9 Å². The van der Waals surface area contributed by atoms with E-state index in [0.717, 1.165) is 29.8 Å². The van der Waals surface area contributed by atoms with Crippen LogP contribution in [0.1, 0.15) is 16.8 Å². The first-order valence-corrected chi connectivity index (χ1v) is 6.63. The summed E-state index contributed by atoms with van der Waals surface area (Å²) >= 11 is 0. The van der Waals surface area contributed by atoms with Crippen molar-refractivity contribution >= 4 is 11.5 Å². The summed E-state index contributed by atoms with van der Waals surface area (Å²) in [6, 6.07) is 8.52. The van der Waals surface area contributed by atoms with Crippen LogP contribution in [0.3, 0.4) is 0 Å². The third-order valence-corrected chi connectivity index (χ3v) is 3.61. The van der Waals surface area contributed by atoms with Gasteiger partial charge in [-0.05, 0) is 41.8 Å². The summed E-state index contributed by atoms with van der Waals surface area (Å²) in [7, 11) is 0. The van der Waals surface area contributed by atoms with Crippen LogP contribution in [0, 0.1) is 5.82 Å². The summed E-state index contributed by atoms with van der Waals surface area (Å²) in [4.78, 5) is 6.16. The third-order valence-electron chi connectivity index (χ3n) is 3.61. The van der Waals surface area contributed by atoms with Gasteiger partial charge in [0, 0.05) is 25.0 Å². The van der Waals surface area contributed by atoms with Crippen LogP contribution in [-0.4, -0.2) is 22.6 Å². The van der Waals surface area contributed by atoms with Gasteiger partial charge in [-0.25, -0.2) is 4.39 Å². The topological polar surface area (TPSA) is 74.7 Å². The van der Waals surface area contributed by atoms with Crippen molar-refractivity contribution in [2.24, 2.45) is 10.9 Å². The van der Waals surface area contributed by atoms with Gasteiger partial charge in [0.05, 0.1) is 0 Å². The summed E-state index contributed by atoms with van der Waals surface area (Å²) in [6.07, 6.45) is 2.53. The van der Waals surface area contributed by atoms with Crippen molar-refractivity contribution in [3.63, 3.8) is 0 Å². The van der Waals surface area contributed by atoms with Crippen LogP contribution in [-0.2, 0) is 13.0 Å². The van der Waals surface area contributed by atoms with Gasteiger partial charge >= 0.3 is 0 Å². The van der Waals surface area contributed by atoms with Crippen LogP contribution in [0.25, 0.3) is 0 Å². The number of pyridine rings is 1. The van der Waals surface area contributed by atoms with Crippen molar-refractivity contribution in [1.29, 1.82) is 0 Å². The van der Waals surface area contributed by atoms with Crippen LogP contribution in [0.5, 0.6) is 0 Å². The first-order chi connectivity index (χ1) is 10.2. The van der Waals surface area contributed by atoms with Gasteiger partial charge in [-0.1, -0.05) is 11.2 Å². The molecular formula is C15H15FN4O. The van der Waals surface area contributed by atoms with Crippen molar-refractivity contribution in [2.75, 3.05) is 11.4 Å². The Kier molecular flexibility index (Phi) is 3.43. The molecule has 2 aromatic rings. The summed E-state index contributed by atoms with van der Waals surface area (Å²) < 4.78 is 13.4. The van der Waals surface area contributed by atoms with E-state index in [0.29, 0.717) is 12.2 Å². The number of rotatable bonds is 3. The van der Waals surface area contributed by atoms with Gasteiger partial charge < -0.3 is 15.8 Å². The van der Waals surface area contributed by atoms with Crippen LogP contribution in [0.2, 0.25) is 0 Å². The Labute approximate surface area is 121 Å². The molecule has 0 saturated heterocycles. The van der Waals surface area contributed by atoms with Gasteiger partial charge in [-0.3, -0.25) is 4.98 Å². The molecule has 0 amide bonds. The molecule has 0 aliphatic carbocycles. The SMILES string of the molecule is N/C(=N/O)c1cc(CN2CCc3ccc(F)cc32)ccn1. The van der Waals surface area contributed by atoms with Crippen LogP contribution in [0.4, 0.5) is 10.1 Å². The number of halogens is 1. The zero-order chi connectivity index (χ0) is 14.8. The lowest BCUT2D eigenvalue weighted by Gasteiger charge is -2.19. The van der Waals surface area contributed by atoms with Crippen LogP contribution in [0.15, 0.2) is 41.7 Å². The quantitative estimate of drug-likeness (QED) is 0.391. The molecule has 3 rings (SSSR count). The number of benzene rings is 1. The van der Waals surface area contributed by atoms with E-state index >= 15 is 0 Å². The minimum absolute atomic E-state index is 0.0234. The van der Waals surface area contributed by atoms with Gasteiger partial charge in [0.15, 0.2) is 5.84 Å². The molecule has 0 radical (unpaired) electrons. The monoisotopic (exact) mass is 286 g/mol. The van der Waals surface area contributed by atoms with E-state index in [-0.39, 0.29) is 11.7 Å². The molecule has 2 heterocycles. The van der Waals surface area contributed by atoms with Gasteiger partial charge in [-0.15, -0.1) is 0 Å². The van der Waals surface area contributed by atoms with E-state index in [1.54, 1.807) is 18.3 Å². The molecule has 0 bridgehead atoms. The number of nitrogens with zero attached hydrogens (tertiary/aromatic N) is 3. The number of anilines is 1. The number of amidine groups is 1. The van der Waals surface area contributed by atoms with Crippen LogP contribution < -0.4 is 10.6 Å². The van der Waals surface area contributed by atoms with Crippen LogP contribution >= 0.6 is 0 Å². The fourth-order valence-corrected chi connectivity index (χ4v) is 2.57. The highest BCUT2D eigenvalue weighted by atomic mass is 19.1. The second-order valence-corrected chi connectivity index (χ2v) is 4.98. The maximum atomic E-state index is 13.4. The maximum absolute atomic E-state index is 13.4. The Morgan fingerprint density at radius 3 is 3.05 bits per heavy atom.